The van der Waals surface area contributed by atoms with Crippen molar-refractivity contribution in [3.63, 3.8) is 0 Å². The zero-order valence-corrected chi connectivity index (χ0v) is 21.8. The van der Waals surface area contributed by atoms with Crippen LogP contribution in [0.4, 0.5) is 0 Å². The van der Waals surface area contributed by atoms with E-state index in [2.05, 4.69) is 46.0 Å². The predicted molar refractivity (Wildman–Crippen MR) is 145 cm³/mol. The van der Waals surface area contributed by atoms with Crippen molar-refractivity contribution in [1.29, 1.82) is 0 Å². The van der Waals surface area contributed by atoms with Crippen molar-refractivity contribution in [2.75, 3.05) is 26.2 Å². The van der Waals surface area contributed by atoms with Crippen LogP contribution >= 0.6 is 11.6 Å². The maximum Gasteiger partial charge on any atom is 0.182 e. The first-order valence-corrected chi connectivity index (χ1v) is 14.0. The van der Waals surface area contributed by atoms with Crippen LogP contribution in [0.3, 0.4) is 0 Å². The fourth-order valence-corrected chi connectivity index (χ4v) is 6.59. The second-order valence-corrected chi connectivity index (χ2v) is 11.4. The molecule has 190 valence electrons. The molecule has 2 aromatic carbocycles. The smallest absolute Gasteiger partial charge is 0.182 e. The number of Topliss-reactive ketones (excluding diaryl/α,β-unsaturated/α-hetero) is 1. The summed E-state index contributed by atoms with van der Waals surface area (Å²) in [5, 5.41) is 5.26. The minimum Gasteiger partial charge on any atom is -0.484 e. The van der Waals surface area contributed by atoms with Gasteiger partial charge >= 0.3 is 0 Å². The van der Waals surface area contributed by atoms with Gasteiger partial charge in [-0.25, -0.2) is 0 Å². The van der Waals surface area contributed by atoms with Crippen molar-refractivity contribution in [3.05, 3.63) is 64.8 Å². The van der Waals surface area contributed by atoms with Gasteiger partial charge in [-0.15, -0.1) is 0 Å². The molecule has 0 spiro atoms. The number of carbonyl (C=O) groups is 1. The van der Waals surface area contributed by atoms with E-state index in [9.17, 15) is 4.79 Å². The number of hydrogen-bond donors (Lipinski definition) is 1. The van der Waals surface area contributed by atoms with E-state index < -0.39 is 0 Å². The number of ether oxygens (including phenoxy) is 1. The summed E-state index contributed by atoms with van der Waals surface area (Å²) in [6.07, 6.45) is 5.12. The van der Waals surface area contributed by atoms with Crippen LogP contribution in [0.25, 0.3) is 10.9 Å². The van der Waals surface area contributed by atoms with E-state index in [-0.39, 0.29) is 17.9 Å². The minimum atomic E-state index is -0.183. The molecule has 0 unspecified atom stereocenters. The highest BCUT2D eigenvalue weighted by molar-refractivity contribution is 6.30. The van der Waals surface area contributed by atoms with Gasteiger partial charge in [0, 0.05) is 28.9 Å². The van der Waals surface area contributed by atoms with Gasteiger partial charge in [0.25, 0.3) is 0 Å². The van der Waals surface area contributed by atoms with Gasteiger partial charge in [0.2, 0.25) is 0 Å². The van der Waals surface area contributed by atoms with E-state index in [0.29, 0.717) is 17.4 Å². The summed E-state index contributed by atoms with van der Waals surface area (Å²) in [5.74, 6) is 2.40. The van der Waals surface area contributed by atoms with Gasteiger partial charge in [-0.2, -0.15) is 0 Å². The first-order chi connectivity index (χ1) is 17.6. The molecule has 0 amide bonds. The zero-order valence-electron chi connectivity index (χ0n) is 21.1. The van der Waals surface area contributed by atoms with Crippen LogP contribution in [0.15, 0.2) is 48.5 Å². The molecule has 5 nitrogen and oxygen atoms in total. The molecule has 0 bridgehead atoms. The van der Waals surface area contributed by atoms with Gasteiger partial charge in [-0.3, -0.25) is 9.69 Å². The Morgan fingerprint density at radius 1 is 1.00 bits per heavy atom. The lowest BCUT2D eigenvalue weighted by molar-refractivity contribution is 0.0546. The van der Waals surface area contributed by atoms with Crippen molar-refractivity contribution >= 4 is 28.3 Å². The molecular formula is C30H36ClN3O2. The van der Waals surface area contributed by atoms with Gasteiger partial charge in [-0.05, 0) is 94.0 Å². The Hall–Kier alpha value is -2.34. The third-order valence-corrected chi connectivity index (χ3v) is 8.80. The minimum absolute atomic E-state index is 0.138. The summed E-state index contributed by atoms with van der Waals surface area (Å²) in [7, 11) is 0. The fraction of sp³-hybridized carbons (Fsp3) is 0.500. The molecule has 3 aromatic rings. The Morgan fingerprint density at radius 2 is 1.72 bits per heavy atom. The number of para-hydroxylation sites is 1. The van der Waals surface area contributed by atoms with Crippen LogP contribution in [-0.4, -0.2) is 47.5 Å². The highest BCUT2D eigenvalue weighted by Gasteiger charge is 2.43. The first-order valence-electron chi connectivity index (χ1n) is 13.6. The summed E-state index contributed by atoms with van der Waals surface area (Å²) < 4.78 is 9.14. The Balaban J connectivity index is 1.44. The van der Waals surface area contributed by atoms with E-state index >= 15 is 0 Å². The first kappa shape index (κ1) is 24.0. The van der Waals surface area contributed by atoms with Crippen molar-refractivity contribution in [2.45, 2.75) is 57.7 Å². The molecule has 6 rings (SSSR count). The second kappa shape index (κ2) is 10.2. The summed E-state index contributed by atoms with van der Waals surface area (Å²) in [4.78, 5) is 16.6. The molecule has 2 fully saturated rings. The highest BCUT2D eigenvalue weighted by atomic mass is 35.5. The number of nitrogens with zero attached hydrogens (tertiary/aromatic N) is 2. The molecule has 2 aliphatic heterocycles. The third-order valence-electron chi connectivity index (χ3n) is 8.55. The Kier molecular flexibility index (Phi) is 6.80. The molecule has 0 saturated carbocycles. The Bertz CT molecular complexity index is 1220. The Morgan fingerprint density at radius 3 is 2.47 bits per heavy atom. The van der Waals surface area contributed by atoms with Crippen molar-refractivity contribution < 1.29 is 9.53 Å². The molecule has 2 atom stereocenters. The van der Waals surface area contributed by atoms with E-state index in [1.54, 1.807) is 0 Å². The number of aromatic nitrogens is 1. The Labute approximate surface area is 218 Å². The molecule has 2 saturated heterocycles. The number of hydrogen-bond acceptors (Lipinski definition) is 4. The molecule has 6 heteroatoms. The fourth-order valence-electron chi connectivity index (χ4n) is 6.46. The van der Waals surface area contributed by atoms with Crippen molar-refractivity contribution in [3.8, 4) is 5.75 Å². The maximum absolute atomic E-state index is 14.2. The lowest BCUT2D eigenvalue weighted by Gasteiger charge is -2.40. The molecule has 1 N–H and O–H groups in total. The quantitative estimate of drug-likeness (QED) is 0.455. The molecule has 0 radical (unpaired) electrons. The highest BCUT2D eigenvalue weighted by Crippen LogP contribution is 2.42. The number of nitrogens with one attached hydrogen (secondary N) is 1. The third kappa shape index (κ3) is 4.57. The van der Waals surface area contributed by atoms with Crippen LogP contribution in [0, 0.1) is 11.8 Å². The second-order valence-electron chi connectivity index (χ2n) is 11.0. The lowest BCUT2D eigenvalue weighted by atomic mass is 9.85. The molecule has 1 aromatic heterocycles. The standard InChI is InChI=1S/C30H36ClN3O2/c1-20-12-16-33(17-13-20)26-18-27(36-23-8-6-22(31)7-9-23)29-28(30(26)35)24-4-2-3-5-25(24)34(29)19-21-10-14-32-15-11-21/h2-9,20-21,26-27,32H,10-19H2,1H3/t26-,27+/m0/s1. The van der Waals surface area contributed by atoms with Gasteiger partial charge in [0.15, 0.2) is 5.78 Å². The van der Waals surface area contributed by atoms with Crippen molar-refractivity contribution in [1.82, 2.24) is 14.8 Å². The maximum atomic E-state index is 14.2. The van der Waals surface area contributed by atoms with Crippen LogP contribution in [0.5, 0.6) is 5.75 Å². The van der Waals surface area contributed by atoms with Gasteiger partial charge < -0.3 is 14.6 Å². The van der Waals surface area contributed by atoms with E-state index in [0.717, 1.165) is 92.2 Å². The normalized spacial score (nSPS) is 24.2. The number of carbonyl (C=O) groups excluding carboxylic acids is 1. The summed E-state index contributed by atoms with van der Waals surface area (Å²) in [6, 6.07) is 16.0. The number of fused-ring (bicyclic) bond motifs is 3. The number of benzene rings is 2. The number of likely N-dealkylation sites (tertiary alicyclic amines) is 1. The van der Waals surface area contributed by atoms with Crippen LogP contribution in [-0.2, 0) is 6.54 Å². The molecule has 1 aliphatic carbocycles. The van der Waals surface area contributed by atoms with Crippen LogP contribution in [0.1, 0.15) is 61.2 Å². The zero-order chi connectivity index (χ0) is 24.6. The van der Waals surface area contributed by atoms with Gasteiger partial charge in [-0.1, -0.05) is 36.7 Å². The van der Waals surface area contributed by atoms with E-state index in [1.165, 1.54) is 0 Å². The topological polar surface area (TPSA) is 46.5 Å². The van der Waals surface area contributed by atoms with Crippen LogP contribution < -0.4 is 10.1 Å². The summed E-state index contributed by atoms with van der Waals surface area (Å²) in [5.41, 5.74) is 3.11. The van der Waals surface area contributed by atoms with Gasteiger partial charge in [0.1, 0.15) is 11.9 Å². The molecular weight excluding hydrogens is 470 g/mol. The monoisotopic (exact) mass is 505 g/mol. The van der Waals surface area contributed by atoms with Crippen LogP contribution in [0.2, 0.25) is 5.02 Å². The van der Waals surface area contributed by atoms with E-state index in [1.807, 2.05) is 24.3 Å². The number of rotatable bonds is 5. The summed E-state index contributed by atoms with van der Waals surface area (Å²) >= 11 is 6.16. The number of halogens is 1. The molecule has 3 heterocycles. The number of ketones is 1. The molecule has 36 heavy (non-hydrogen) atoms. The average molecular weight is 506 g/mol. The van der Waals surface area contributed by atoms with E-state index in [4.69, 9.17) is 16.3 Å². The predicted octanol–water partition coefficient (Wildman–Crippen LogP) is 6.10. The number of piperidine rings is 2. The lowest BCUT2D eigenvalue weighted by Crippen LogP contribution is -2.49. The molecule has 3 aliphatic rings. The van der Waals surface area contributed by atoms with Gasteiger partial charge in [0.05, 0.1) is 17.3 Å². The SMILES string of the molecule is CC1CCN([C@H]2C[C@@H](Oc3ccc(Cl)cc3)c3c(c4ccccc4n3CC3CCNCC3)C2=O)CC1. The van der Waals surface area contributed by atoms with Crippen molar-refractivity contribution in [2.24, 2.45) is 11.8 Å². The average Bonchev–Trinajstić information content (AvgIpc) is 3.23. The largest absolute Gasteiger partial charge is 0.484 e. The summed E-state index contributed by atoms with van der Waals surface area (Å²) in [6.45, 7) is 7.33.